The molecule has 330 valence electrons. The average molecular weight is 879 g/mol. The van der Waals surface area contributed by atoms with Crippen LogP contribution >= 0.6 is 23.2 Å². The van der Waals surface area contributed by atoms with Crippen LogP contribution in [0, 0.1) is 0 Å². The molecule has 2 aromatic carbocycles. The van der Waals surface area contributed by atoms with Crippen molar-refractivity contribution in [1.82, 2.24) is 4.90 Å². The van der Waals surface area contributed by atoms with E-state index in [-0.39, 0.29) is 17.5 Å². The van der Waals surface area contributed by atoms with Crippen molar-refractivity contribution in [3.8, 4) is 0 Å². The van der Waals surface area contributed by atoms with Gasteiger partial charge < -0.3 is 47.5 Å². The molecule has 1 aliphatic heterocycles. The van der Waals surface area contributed by atoms with Gasteiger partial charge in [-0.2, -0.15) is 0 Å². The summed E-state index contributed by atoms with van der Waals surface area (Å²) in [6, 6.07) is 10.9. The molecule has 2 aromatic rings. The number of ketones is 1. The third-order valence-electron chi connectivity index (χ3n) is 9.04. The summed E-state index contributed by atoms with van der Waals surface area (Å²) in [6.07, 6.45) is 2.83. The molecule has 16 heteroatoms. The highest BCUT2D eigenvalue weighted by molar-refractivity contribution is 7.91. The van der Waals surface area contributed by atoms with Crippen LogP contribution in [0.2, 0.25) is 10.0 Å². The van der Waals surface area contributed by atoms with Crippen LogP contribution in [-0.2, 0) is 63.8 Å². The van der Waals surface area contributed by atoms with Gasteiger partial charge in [0.2, 0.25) is 0 Å². The van der Waals surface area contributed by atoms with Gasteiger partial charge in [0.25, 0.3) is 0 Å². The maximum atomic E-state index is 13.2. The van der Waals surface area contributed by atoms with Gasteiger partial charge >= 0.3 is 0 Å². The minimum atomic E-state index is -3.50. The van der Waals surface area contributed by atoms with Crippen LogP contribution in [0.1, 0.15) is 61.6 Å². The van der Waals surface area contributed by atoms with E-state index < -0.39 is 9.84 Å². The third kappa shape index (κ3) is 21.7. The van der Waals surface area contributed by atoms with Crippen LogP contribution in [0.5, 0.6) is 0 Å². The molecule has 0 aromatic heterocycles. The van der Waals surface area contributed by atoms with Gasteiger partial charge in [-0.25, -0.2) is 8.42 Å². The maximum absolute atomic E-state index is 13.2. The molecule has 1 atom stereocenters. The Morgan fingerprint density at radius 1 is 0.655 bits per heavy atom. The number of halogens is 2. The molecule has 0 fully saturated rings. The Bertz CT molecular complexity index is 1520. The second kappa shape index (κ2) is 31.1. The first-order chi connectivity index (χ1) is 28.2. The third-order valence-corrected chi connectivity index (χ3v) is 11.4. The summed E-state index contributed by atoms with van der Waals surface area (Å²) in [5.74, 6) is 0.0777. The van der Waals surface area contributed by atoms with Crippen LogP contribution in [-0.4, -0.2) is 157 Å². The van der Waals surface area contributed by atoms with Crippen molar-refractivity contribution in [3.63, 3.8) is 0 Å². The highest BCUT2D eigenvalue weighted by atomic mass is 35.5. The number of Topliss-reactive ketones (excluding diaryl/α,β-unsaturated/α-hetero) is 1. The van der Waals surface area contributed by atoms with Crippen LogP contribution in [0.3, 0.4) is 0 Å². The highest BCUT2D eigenvalue weighted by Gasteiger charge is 2.28. The van der Waals surface area contributed by atoms with E-state index in [1.54, 1.807) is 24.3 Å². The standard InChI is InChI=1S/C42H65Cl2NO12S/c1-3-11-49-15-19-53-23-25-56-27-28-57-26-24-55-22-18-52-14-10-37(46)8-5-12-50-16-20-54-21-17-51-13-6-29-58(47,48)38-9-4-7-35(30-38)40-33-45(2)34-41-39(40)31-36(43)32-42(41)44/h4,7,9,30-32,40H,3,5-6,8,10-29,33-34H2,1-2H3. The van der Waals surface area contributed by atoms with E-state index in [4.69, 9.17) is 65.8 Å². The smallest absolute Gasteiger partial charge is 0.178 e. The van der Waals surface area contributed by atoms with Crippen molar-refractivity contribution >= 4 is 38.8 Å². The summed E-state index contributed by atoms with van der Waals surface area (Å²) in [6.45, 7) is 12.1. The number of rotatable bonds is 36. The van der Waals surface area contributed by atoms with Gasteiger partial charge in [-0.05, 0) is 67.3 Å². The molecule has 3 rings (SSSR count). The lowest BCUT2D eigenvalue weighted by Gasteiger charge is -2.33. The number of ether oxygens (including phenoxy) is 9. The summed E-state index contributed by atoms with van der Waals surface area (Å²) >= 11 is 12.8. The lowest BCUT2D eigenvalue weighted by molar-refractivity contribution is -0.120. The van der Waals surface area contributed by atoms with Gasteiger partial charge in [-0.15, -0.1) is 0 Å². The lowest BCUT2D eigenvalue weighted by Crippen LogP contribution is -2.31. The number of fused-ring (bicyclic) bond motifs is 1. The molecule has 0 bridgehead atoms. The monoisotopic (exact) mass is 877 g/mol. The van der Waals surface area contributed by atoms with E-state index in [1.165, 1.54) is 0 Å². The fraction of sp³-hybridized carbons (Fsp3) is 0.690. The fourth-order valence-corrected chi connectivity index (χ4v) is 8.00. The zero-order valence-corrected chi connectivity index (χ0v) is 36.8. The van der Waals surface area contributed by atoms with Crippen LogP contribution < -0.4 is 0 Å². The summed E-state index contributed by atoms with van der Waals surface area (Å²) in [5.41, 5.74) is 2.97. The zero-order chi connectivity index (χ0) is 41.7. The summed E-state index contributed by atoms with van der Waals surface area (Å²) in [4.78, 5) is 14.6. The first-order valence-electron chi connectivity index (χ1n) is 20.4. The SMILES string of the molecule is CCCOCCOCCOCCOCCOCCOCCC(=O)CCCOCCOCCOCCCS(=O)(=O)c1cccc(C2CN(C)Cc3c(Cl)cc(Cl)cc32)c1. The topological polar surface area (TPSA) is 138 Å². The van der Waals surface area contributed by atoms with E-state index in [9.17, 15) is 13.2 Å². The Hall–Kier alpha value is -1.76. The van der Waals surface area contributed by atoms with E-state index in [2.05, 4.69) is 11.8 Å². The van der Waals surface area contributed by atoms with E-state index in [0.717, 1.165) is 36.3 Å². The fourth-order valence-electron chi connectivity index (χ4n) is 6.09. The predicted octanol–water partition coefficient (Wildman–Crippen LogP) is 6.03. The second-order valence-corrected chi connectivity index (χ2v) is 16.8. The lowest BCUT2D eigenvalue weighted by atomic mass is 9.85. The second-order valence-electron chi connectivity index (χ2n) is 13.9. The van der Waals surface area contributed by atoms with Crippen molar-refractivity contribution in [2.45, 2.75) is 56.4 Å². The van der Waals surface area contributed by atoms with Gasteiger partial charge in [-0.3, -0.25) is 4.79 Å². The number of hydrogen-bond acceptors (Lipinski definition) is 13. The van der Waals surface area contributed by atoms with Gasteiger partial charge in [0.15, 0.2) is 9.84 Å². The van der Waals surface area contributed by atoms with Gasteiger partial charge in [0, 0.05) is 61.7 Å². The van der Waals surface area contributed by atoms with E-state index >= 15 is 0 Å². The van der Waals surface area contributed by atoms with Crippen molar-refractivity contribution in [1.29, 1.82) is 0 Å². The Morgan fingerprint density at radius 2 is 1.16 bits per heavy atom. The van der Waals surface area contributed by atoms with E-state index in [1.807, 2.05) is 19.2 Å². The molecular formula is C42H65Cl2NO12S. The van der Waals surface area contributed by atoms with Crippen LogP contribution in [0.15, 0.2) is 41.3 Å². The van der Waals surface area contributed by atoms with Crippen molar-refractivity contribution in [2.75, 3.05) is 138 Å². The molecule has 1 unspecified atom stereocenters. The van der Waals surface area contributed by atoms with Crippen LogP contribution in [0.25, 0.3) is 0 Å². The van der Waals surface area contributed by atoms with Gasteiger partial charge in [0.05, 0.1) is 110 Å². The average Bonchev–Trinajstić information content (AvgIpc) is 3.20. The van der Waals surface area contributed by atoms with Gasteiger partial charge in [0.1, 0.15) is 5.78 Å². The van der Waals surface area contributed by atoms with E-state index in [0.29, 0.717) is 159 Å². The minimum absolute atomic E-state index is 0.0170. The summed E-state index contributed by atoms with van der Waals surface area (Å²) < 4.78 is 75.7. The van der Waals surface area contributed by atoms with Crippen molar-refractivity contribution < 1.29 is 55.8 Å². The molecule has 58 heavy (non-hydrogen) atoms. The normalized spacial score (nSPS) is 14.6. The number of sulfone groups is 1. The number of hydrogen-bond donors (Lipinski definition) is 0. The quantitative estimate of drug-likeness (QED) is 0.0738. The first-order valence-corrected chi connectivity index (χ1v) is 22.8. The largest absolute Gasteiger partial charge is 0.379 e. The highest BCUT2D eigenvalue weighted by Crippen LogP contribution is 2.39. The molecule has 0 saturated heterocycles. The molecule has 0 saturated carbocycles. The number of benzene rings is 2. The summed E-state index contributed by atoms with van der Waals surface area (Å²) in [7, 11) is -1.47. The molecule has 0 spiro atoms. The van der Waals surface area contributed by atoms with Crippen molar-refractivity contribution in [3.05, 3.63) is 63.1 Å². The van der Waals surface area contributed by atoms with Crippen LogP contribution in [0.4, 0.5) is 0 Å². The van der Waals surface area contributed by atoms with Crippen molar-refractivity contribution in [2.24, 2.45) is 0 Å². The number of carbonyl (C=O) groups is 1. The zero-order valence-electron chi connectivity index (χ0n) is 34.4. The Balaban J connectivity index is 1.08. The Labute approximate surface area is 356 Å². The number of carbonyl (C=O) groups excluding carboxylic acids is 1. The molecule has 0 amide bonds. The first kappa shape index (κ1) is 50.6. The number of likely N-dealkylation sites (N-methyl/N-ethyl adjacent to an activating group) is 1. The van der Waals surface area contributed by atoms with Gasteiger partial charge in [-0.1, -0.05) is 42.3 Å². The maximum Gasteiger partial charge on any atom is 0.178 e. The molecule has 0 radical (unpaired) electrons. The molecule has 0 aliphatic carbocycles. The molecule has 1 heterocycles. The number of nitrogens with zero attached hydrogens (tertiary/aromatic N) is 1. The predicted molar refractivity (Wildman–Crippen MR) is 224 cm³/mol. The molecule has 13 nitrogen and oxygen atoms in total. The molecular weight excluding hydrogens is 813 g/mol. The molecule has 1 aliphatic rings. The Morgan fingerprint density at radius 3 is 1.71 bits per heavy atom. The summed E-state index contributed by atoms with van der Waals surface area (Å²) in [5, 5.41) is 1.19. The minimum Gasteiger partial charge on any atom is -0.379 e. The molecule has 0 N–H and O–H groups in total. The Kier molecular flexibility index (Phi) is 27.2.